The van der Waals surface area contributed by atoms with Crippen molar-refractivity contribution in [1.82, 2.24) is 15.0 Å². The minimum absolute atomic E-state index is 0.252. The maximum absolute atomic E-state index is 5.99. The maximum Gasteiger partial charge on any atom is 0.189 e. The summed E-state index contributed by atoms with van der Waals surface area (Å²) in [6.45, 7) is 3.98. The van der Waals surface area contributed by atoms with Crippen LogP contribution in [-0.2, 0) is 0 Å². The number of anilines is 1. The Morgan fingerprint density at radius 2 is 2.09 bits per heavy atom. The topological polar surface area (TPSA) is 51.1 Å². The van der Waals surface area contributed by atoms with E-state index in [9.17, 15) is 0 Å². The van der Waals surface area contributed by atoms with Crippen LogP contribution < -0.4 is 9.64 Å². The van der Waals surface area contributed by atoms with E-state index in [4.69, 9.17) is 4.74 Å². The van der Waals surface area contributed by atoms with Crippen LogP contribution in [-0.4, -0.2) is 40.4 Å². The molecule has 6 heteroatoms. The van der Waals surface area contributed by atoms with Gasteiger partial charge in [0.25, 0.3) is 0 Å². The van der Waals surface area contributed by atoms with Gasteiger partial charge in [-0.05, 0) is 25.3 Å². The summed E-state index contributed by atoms with van der Waals surface area (Å²) in [6.07, 6.45) is 9.68. The van der Waals surface area contributed by atoms with Crippen LogP contribution in [0.25, 0.3) is 0 Å². The van der Waals surface area contributed by atoms with Gasteiger partial charge in [0.15, 0.2) is 5.16 Å². The van der Waals surface area contributed by atoms with E-state index >= 15 is 0 Å². The SMILES string of the molecule is CSc1ncc(C)c(N2CCC(Oc3cccnc3)CC2)n1. The molecule has 0 aliphatic carbocycles. The first-order valence-corrected chi connectivity index (χ1v) is 8.68. The lowest BCUT2D eigenvalue weighted by Gasteiger charge is -2.33. The van der Waals surface area contributed by atoms with E-state index in [1.807, 2.05) is 24.6 Å². The molecule has 1 aliphatic heterocycles. The van der Waals surface area contributed by atoms with Gasteiger partial charge in [-0.25, -0.2) is 9.97 Å². The van der Waals surface area contributed by atoms with Gasteiger partial charge < -0.3 is 9.64 Å². The Bertz CT molecular complexity index is 615. The number of nitrogens with zero attached hydrogens (tertiary/aromatic N) is 4. The average molecular weight is 316 g/mol. The zero-order valence-electron chi connectivity index (χ0n) is 12.9. The highest BCUT2D eigenvalue weighted by molar-refractivity contribution is 7.98. The summed E-state index contributed by atoms with van der Waals surface area (Å²) in [5, 5.41) is 0.828. The fourth-order valence-electron chi connectivity index (χ4n) is 2.63. The molecule has 3 heterocycles. The predicted octanol–water partition coefficient (Wildman–Crippen LogP) is 2.95. The number of hydrogen-bond donors (Lipinski definition) is 0. The van der Waals surface area contributed by atoms with Crippen molar-refractivity contribution < 1.29 is 4.74 Å². The number of ether oxygens (including phenoxy) is 1. The minimum atomic E-state index is 0.252. The van der Waals surface area contributed by atoms with Crippen molar-refractivity contribution in [3.05, 3.63) is 36.3 Å². The zero-order chi connectivity index (χ0) is 15.4. The number of hydrogen-bond acceptors (Lipinski definition) is 6. The van der Waals surface area contributed by atoms with Crippen LogP contribution in [0.4, 0.5) is 5.82 Å². The Morgan fingerprint density at radius 3 is 2.77 bits per heavy atom. The zero-order valence-corrected chi connectivity index (χ0v) is 13.7. The Hall–Kier alpha value is -1.82. The molecule has 0 atom stereocenters. The molecule has 0 saturated carbocycles. The van der Waals surface area contributed by atoms with Gasteiger partial charge in [0.05, 0.1) is 6.20 Å². The van der Waals surface area contributed by atoms with Gasteiger partial charge in [0, 0.05) is 43.9 Å². The molecule has 0 aromatic carbocycles. The summed E-state index contributed by atoms with van der Waals surface area (Å²) in [5.74, 6) is 1.91. The van der Waals surface area contributed by atoms with Gasteiger partial charge in [-0.1, -0.05) is 11.8 Å². The first-order chi connectivity index (χ1) is 10.8. The minimum Gasteiger partial charge on any atom is -0.489 e. The van der Waals surface area contributed by atoms with Crippen LogP contribution >= 0.6 is 11.8 Å². The molecule has 0 radical (unpaired) electrons. The molecular weight excluding hydrogens is 296 g/mol. The molecular formula is C16H20N4OS. The lowest BCUT2D eigenvalue weighted by Crippen LogP contribution is -2.39. The highest BCUT2D eigenvalue weighted by Gasteiger charge is 2.23. The summed E-state index contributed by atoms with van der Waals surface area (Å²) >= 11 is 1.58. The molecule has 0 bridgehead atoms. The molecule has 1 saturated heterocycles. The van der Waals surface area contributed by atoms with Crippen molar-refractivity contribution in [1.29, 1.82) is 0 Å². The number of thioether (sulfide) groups is 1. The molecule has 0 unspecified atom stereocenters. The highest BCUT2D eigenvalue weighted by Crippen LogP contribution is 2.25. The summed E-state index contributed by atoms with van der Waals surface area (Å²) < 4.78 is 5.99. The number of rotatable bonds is 4. The first kappa shape index (κ1) is 15.1. The van der Waals surface area contributed by atoms with Crippen LogP contribution in [0, 0.1) is 6.92 Å². The van der Waals surface area contributed by atoms with Gasteiger partial charge in [-0.2, -0.15) is 0 Å². The van der Waals surface area contributed by atoms with Crippen molar-refractivity contribution >= 4 is 17.6 Å². The molecule has 1 fully saturated rings. The second-order valence-corrected chi connectivity index (χ2v) is 6.13. The third-order valence-electron chi connectivity index (χ3n) is 3.78. The first-order valence-electron chi connectivity index (χ1n) is 7.45. The average Bonchev–Trinajstić information content (AvgIpc) is 2.57. The fourth-order valence-corrected chi connectivity index (χ4v) is 2.97. The number of pyridine rings is 1. The van der Waals surface area contributed by atoms with Crippen LogP contribution in [0.2, 0.25) is 0 Å². The third kappa shape index (κ3) is 3.50. The molecule has 2 aromatic heterocycles. The van der Waals surface area contributed by atoms with Crippen molar-refractivity contribution in [3.63, 3.8) is 0 Å². The van der Waals surface area contributed by atoms with Gasteiger partial charge in [-0.3, -0.25) is 4.98 Å². The maximum atomic E-state index is 5.99. The van der Waals surface area contributed by atoms with Gasteiger partial charge in [0.2, 0.25) is 0 Å². The van der Waals surface area contributed by atoms with E-state index in [1.54, 1.807) is 24.2 Å². The smallest absolute Gasteiger partial charge is 0.189 e. The second kappa shape index (κ2) is 6.96. The van der Waals surface area contributed by atoms with Gasteiger partial charge in [0.1, 0.15) is 17.7 Å². The highest BCUT2D eigenvalue weighted by atomic mass is 32.2. The molecule has 116 valence electrons. The van der Waals surface area contributed by atoms with E-state index in [2.05, 4.69) is 26.8 Å². The van der Waals surface area contributed by atoms with E-state index in [0.717, 1.165) is 48.2 Å². The predicted molar refractivity (Wildman–Crippen MR) is 88.7 cm³/mol. The lowest BCUT2D eigenvalue weighted by atomic mass is 10.1. The Morgan fingerprint density at radius 1 is 1.27 bits per heavy atom. The van der Waals surface area contributed by atoms with Crippen LogP contribution in [0.1, 0.15) is 18.4 Å². The standard InChI is InChI=1S/C16H20N4OS/c1-12-10-18-16(22-2)19-15(12)20-8-5-13(6-9-20)21-14-4-3-7-17-11-14/h3-4,7,10-11,13H,5-6,8-9H2,1-2H3. The lowest BCUT2D eigenvalue weighted by molar-refractivity contribution is 0.170. The molecule has 0 spiro atoms. The molecule has 2 aromatic rings. The number of aromatic nitrogens is 3. The summed E-state index contributed by atoms with van der Waals surface area (Å²) in [5.41, 5.74) is 1.13. The van der Waals surface area contributed by atoms with Crippen molar-refractivity contribution in [2.45, 2.75) is 31.0 Å². The van der Waals surface area contributed by atoms with Gasteiger partial charge >= 0.3 is 0 Å². The van der Waals surface area contributed by atoms with Crippen LogP contribution in [0.5, 0.6) is 5.75 Å². The normalized spacial score (nSPS) is 15.8. The number of aryl methyl sites for hydroxylation is 1. The molecule has 22 heavy (non-hydrogen) atoms. The number of piperidine rings is 1. The molecule has 1 aliphatic rings. The molecule has 3 rings (SSSR count). The van der Waals surface area contributed by atoms with E-state index in [-0.39, 0.29) is 6.10 Å². The van der Waals surface area contributed by atoms with Crippen molar-refractivity contribution in [2.24, 2.45) is 0 Å². The monoisotopic (exact) mass is 316 g/mol. The summed E-state index contributed by atoms with van der Waals surface area (Å²) in [7, 11) is 0. The second-order valence-electron chi connectivity index (χ2n) is 5.36. The quantitative estimate of drug-likeness (QED) is 0.638. The fraction of sp³-hybridized carbons (Fsp3) is 0.438. The molecule has 5 nitrogen and oxygen atoms in total. The Labute approximate surface area is 135 Å². The van der Waals surface area contributed by atoms with E-state index in [0.29, 0.717) is 0 Å². The molecule has 0 amide bonds. The van der Waals surface area contributed by atoms with E-state index < -0.39 is 0 Å². The van der Waals surface area contributed by atoms with Crippen molar-refractivity contribution in [3.8, 4) is 5.75 Å². The summed E-state index contributed by atoms with van der Waals surface area (Å²) in [4.78, 5) is 15.4. The largest absolute Gasteiger partial charge is 0.489 e. The third-order valence-corrected chi connectivity index (χ3v) is 4.35. The van der Waals surface area contributed by atoms with E-state index in [1.165, 1.54) is 0 Å². The Balaban J connectivity index is 1.62. The molecule has 0 N–H and O–H groups in total. The van der Waals surface area contributed by atoms with Crippen LogP contribution in [0.15, 0.2) is 35.9 Å². The summed E-state index contributed by atoms with van der Waals surface area (Å²) in [6, 6.07) is 3.86. The van der Waals surface area contributed by atoms with Crippen LogP contribution in [0.3, 0.4) is 0 Å². The Kier molecular flexibility index (Phi) is 4.77. The van der Waals surface area contributed by atoms with Crippen molar-refractivity contribution in [2.75, 3.05) is 24.2 Å². The van der Waals surface area contributed by atoms with Gasteiger partial charge in [-0.15, -0.1) is 0 Å².